The number of halogens is 4. The molecule has 2 aromatic rings. The van der Waals surface area contributed by atoms with Gasteiger partial charge in [0.1, 0.15) is 11.6 Å². The van der Waals surface area contributed by atoms with Gasteiger partial charge < -0.3 is 5.73 Å². The van der Waals surface area contributed by atoms with Crippen molar-refractivity contribution in [2.75, 3.05) is 5.73 Å². The Morgan fingerprint density at radius 3 is 2.35 bits per heavy atom. The van der Waals surface area contributed by atoms with E-state index >= 15 is 0 Å². The summed E-state index contributed by atoms with van der Waals surface area (Å²) in [6, 6.07) is 5.16. The molecule has 0 radical (unpaired) electrons. The van der Waals surface area contributed by atoms with Gasteiger partial charge in [0.25, 0.3) is 0 Å². The Balaban J connectivity index is 2.55. The topological polar surface area (TPSA) is 56.0 Å². The summed E-state index contributed by atoms with van der Waals surface area (Å²) in [5.74, 6) is -2.73. The van der Waals surface area contributed by atoms with Gasteiger partial charge in [0, 0.05) is 6.20 Å². The van der Waals surface area contributed by atoms with Gasteiger partial charge in [0.15, 0.2) is 5.78 Å². The maximum Gasteiger partial charge on any atom is 0.419 e. The van der Waals surface area contributed by atoms with E-state index in [2.05, 4.69) is 4.98 Å². The number of alkyl halides is 3. The van der Waals surface area contributed by atoms with Gasteiger partial charge >= 0.3 is 6.18 Å². The first kappa shape index (κ1) is 14.0. The highest BCUT2D eigenvalue weighted by molar-refractivity contribution is 6.11. The van der Waals surface area contributed by atoms with Gasteiger partial charge in [-0.1, -0.05) is 6.07 Å². The van der Waals surface area contributed by atoms with E-state index in [9.17, 15) is 22.4 Å². The molecule has 3 nitrogen and oxygen atoms in total. The molecule has 0 amide bonds. The first-order valence-corrected chi connectivity index (χ1v) is 5.43. The fraction of sp³-hybridized carbons (Fsp3) is 0.0769. The average molecular weight is 284 g/mol. The number of anilines is 1. The third-order valence-electron chi connectivity index (χ3n) is 2.63. The predicted molar refractivity (Wildman–Crippen MR) is 63.5 cm³/mol. The fourth-order valence-electron chi connectivity index (χ4n) is 1.68. The Hall–Kier alpha value is -2.44. The number of aromatic nitrogens is 1. The number of hydrogen-bond acceptors (Lipinski definition) is 3. The second kappa shape index (κ2) is 4.92. The van der Waals surface area contributed by atoms with Crippen LogP contribution in [0, 0.1) is 5.82 Å². The fourth-order valence-corrected chi connectivity index (χ4v) is 1.68. The van der Waals surface area contributed by atoms with Crippen LogP contribution in [0.1, 0.15) is 21.5 Å². The van der Waals surface area contributed by atoms with Crippen LogP contribution in [0.15, 0.2) is 36.5 Å². The van der Waals surface area contributed by atoms with Crippen molar-refractivity contribution >= 4 is 11.6 Å². The number of hydrogen-bond donors (Lipinski definition) is 1. The molecule has 1 heterocycles. The largest absolute Gasteiger partial charge is 0.419 e. The smallest absolute Gasteiger partial charge is 0.383 e. The van der Waals surface area contributed by atoms with Crippen LogP contribution in [-0.4, -0.2) is 10.8 Å². The molecule has 0 saturated heterocycles. The molecule has 0 saturated carbocycles. The van der Waals surface area contributed by atoms with Gasteiger partial charge in [0.05, 0.1) is 16.7 Å². The summed E-state index contributed by atoms with van der Waals surface area (Å²) in [5, 5.41) is 0. The first-order valence-electron chi connectivity index (χ1n) is 5.43. The van der Waals surface area contributed by atoms with Crippen molar-refractivity contribution in [3.05, 3.63) is 59.0 Å². The third-order valence-corrected chi connectivity index (χ3v) is 2.63. The van der Waals surface area contributed by atoms with Crippen LogP contribution >= 0.6 is 0 Å². The zero-order chi connectivity index (χ0) is 14.9. The zero-order valence-corrected chi connectivity index (χ0v) is 9.91. The Morgan fingerprint density at radius 2 is 1.75 bits per heavy atom. The van der Waals surface area contributed by atoms with Gasteiger partial charge in [0.2, 0.25) is 0 Å². The highest BCUT2D eigenvalue weighted by Crippen LogP contribution is 2.33. The van der Waals surface area contributed by atoms with E-state index in [1.54, 1.807) is 0 Å². The maximum atomic E-state index is 13.8. The van der Waals surface area contributed by atoms with Crippen LogP contribution in [0.3, 0.4) is 0 Å². The number of nitrogens with zero attached hydrogens (tertiary/aromatic N) is 1. The molecule has 0 fully saturated rings. The van der Waals surface area contributed by atoms with Crippen LogP contribution in [0.25, 0.3) is 0 Å². The van der Waals surface area contributed by atoms with Crippen molar-refractivity contribution in [1.29, 1.82) is 0 Å². The standard InChI is InChI=1S/C13H8F4N2O/c14-10-7(3-1-5-9(10)13(15,16)17)11(20)8-4-2-6-19-12(8)18/h1-6H,(H2,18,19). The number of pyridine rings is 1. The zero-order valence-electron chi connectivity index (χ0n) is 9.91. The molecular weight excluding hydrogens is 276 g/mol. The molecule has 1 aromatic heterocycles. The lowest BCUT2D eigenvalue weighted by molar-refractivity contribution is -0.140. The quantitative estimate of drug-likeness (QED) is 0.681. The van der Waals surface area contributed by atoms with Crippen molar-refractivity contribution in [1.82, 2.24) is 4.98 Å². The Morgan fingerprint density at radius 1 is 1.10 bits per heavy atom. The molecule has 0 atom stereocenters. The molecule has 0 aliphatic carbocycles. The lowest BCUT2D eigenvalue weighted by Gasteiger charge is -2.11. The van der Waals surface area contributed by atoms with Crippen LogP contribution in [-0.2, 0) is 6.18 Å². The minimum absolute atomic E-state index is 0.147. The van der Waals surface area contributed by atoms with E-state index in [0.717, 1.165) is 12.1 Å². The van der Waals surface area contributed by atoms with Crippen molar-refractivity contribution in [3.8, 4) is 0 Å². The number of benzene rings is 1. The van der Waals surface area contributed by atoms with Gasteiger partial charge in [-0.15, -0.1) is 0 Å². The summed E-state index contributed by atoms with van der Waals surface area (Å²) in [6.45, 7) is 0. The number of rotatable bonds is 2. The molecule has 7 heteroatoms. The van der Waals surface area contributed by atoms with Crippen molar-refractivity contribution in [3.63, 3.8) is 0 Å². The normalized spacial score (nSPS) is 11.4. The van der Waals surface area contributed by atoms with Crippen LogP contribution in [0.4, 0.5) is 23.4 Å². The molecule has 0 aliphatic heterocycles. The van der Waals surface area contributed by atoms with E-state index in [4.69, 9.17) is 5.73 Å². The Kier molecular flexibility index (Phi) is 3.44. The first-order chi connectivity index (χ1) is 9.32. The van der Waals surface area contributed by atoms with Crippen LogP contribution in [0.5, 0.6) is 0 Å². The Labute approximate surface area is 111 Å². The van der Waals surface area contributed by atoms with Crippen molar-refractivity contribution < 1.29 is 22.4 Å². The second-order valence-corrected chi connectivity index (χ2v) is 3.93. The minimum Gasteiger partial charge on any atom is -0.383 e. The maximum absolute atomic E-state index is 13.8. The van der Waals surface area contributed by atoms with Crippen LogP contribution in [0.2, 0.25) is 0 Å². The molecule has 0 spiro atoms. The third kappa shape index (κ3) is 2.47. The summed E-state index contributed by atoms with van der Waals surface area (Å²) in [4.78, 5) is 15.7. The Bertz CT molecular complexity index is 668. The van der Waals surface area contributed by atoms with Crippen molar-refractivity contribution in [2.45, 2.75) is 6.18 Å². The van der Waals surface area contributed by atoms with Gasteiger partial charge in [-0.25, -0.2) is 9.37 Å². The van der Waals surface area contributed by atoms with E-state index < -0.39 is 28.9 Å². The SMILES string of the molecule is Nc1ncccc1C(=O)c1cccc(C(F)(F)F)c1F. The van der Waals surface area contributed by atoms with E-state index in [0.29, 0.717) is 6.07 Å². The number of carbonyl (C=O) groups is 1. The molecule has 2 N–H and O–H groups in total. The molecule has 0 unspecified atom stereocenters. The minimum atomic E-state index is -4.87. The van der Waals surface area contributed by atoms with E-state index in [-0.39, 0.29) is 11.4 Å². The number of nitrogen functional groups attached to an aromatic ring is 1. The molecule has 1 aromatic carbocycles. The number of carbonyl (C=O) groups excluding carboxylic acids is 1. The molecule has 0 aliphatic rings. The lowest BCUT2D eigenvalue weighted by Crippen LogP contribution is -2.14. The second-order valence-electron chi connectivity index (χ2n) is 3.93. The number of ketones is 1. The lowest BCUT2D eigenvalue weighted by atomic mass is 10.0. The van der Waals surface area contributed by atoms with Gasteiger partial charge in [-0.3, -0.25) is 4.79 Å². The highest BCUT2D eigenvalue weighted by Gasteiger charge is 2.35. The van der Waals surface area contributed by atoms with Gasteiger partial charge in [-0.05, 0) is 24.3 Å². The van der Waals surface area contributed by atoms with E-state index in [1.165, 1.54) is 18.3 Å². The van der Waals surface area contributed by atoms with E-state index in [1.807, 2.05) is 0 Å². The van der Waals surface area contributed by atoms with Crippen LogP contribution < -0.4 is 5.73 Å². The van der Waals surface area contributed by atoms with Gasteiger partial charge in [-0.2, -0.15) is 13.2 Å². The summed E-state index contributed by atoms with van der Waals surface area (Å²) < 4.78 is 51.6. The summed E-state index contributed by atoms with van der Waals surface area (Å²) in [7, 11) is 0. The summed E-state index contributed by atoms with van der Waals surface area (Å²) >= 11 is 0. The molecular formula is C13H8F4N2O. The molecule has 20 heavy (non-hydrogen) atoms. The van der Waals surface area contributed by atoms with Crippen molar-refractivity contribution in [2.24, 2.45) is 0 Å². The predicted octanol–water partition coefficient (Wildman–Crippen LogP) is 3.05. The summed E-state index contributed by atoms with van der Waals surface area (Å²) in [6.07, 6.45) is -3.56. The monoisotopic (exact) mass is 284 g/mol. The molecule has 0 bridgehead atoms. The molecule has 2 rings (SSSR count). The number of nitrogens with two attached hydrogens (primary N) is 1. The highest BCUT2D eigenvalue weighted by atomic mass is 19.4. The molecule has 104 valence electrons. The summed E-state index contributed by atoms with van der Waals surface area (Å²) in [5.41, 5.74) is 3.12. The average Bonchev–Trinajstić information content (AvgIpc) is 2.37.